The van der Waals surface area contributed by atoms with E-state index in [4.69, 9.17) is 4.74 Å². The lowest BCUT2D eigenvalue weighted by Gasteiger charge is -2.27. The minimum Gasteiger partial charge on any atom is -0.492 e. The molecule has 31 heavy (non-hydrogen) atoms. The van der Waals surface area contributed by atoms with E-state index in [1.54, 1.807) is 12.4 Å². The maximum absolute atomic E-state index is 13.2. The van der Waals surface area contributed by atoms with Gasteiger partial charge in [-0.2, -0.15) is 4.98 Å². The lowest BCUT2D eigenvalue weighted by molar-refractivity contribution is 0.0564. The molecule has 0 spiro atoms. The minimum absolute atomic E-state index is 0.0725. The summed E-state index contributed by atoms with van der Waals surface area (Å²) in [6.45, 7) is 4.83. The van der Waals surface area contributed by atoms with Crippen LogP contribution in [0.4, 0.5) is 5.69 Å². The molecule has 170 valence electrons. The Bertz CT molecular complexity index is 1050. The largest absolute Gasteiger partial charge is 0.492 e. The Morgan fingerprint density at radius 2 is 2.03 bits per heavy atom. The predicted molar refractivity (Wildman–Crippen MR) is 116 cm³/mol. The van der Waals surface area contributed by atoms with Crippen LogP contribution in [0.1, 0.15) is 55.9 Å². The SMILES string of the molecule is CCCCc1nc(O)c(NS(=O)(=O)CCc2ncc(C)cn2)c(=O)n1[C@@H]1CCCOC1. The number of hydrogen-bond acceptors (Lipinski definition) is 8. The second-order valence-electron chi connectivity index (χ2n) is 7.72. The summed E-state index contributed by atoms with van der Waals surface area (Å²) in [6.07, 6.45) is 7.01. The van der Waals surface area contributed by atoms with E-state index in [9.17, 15) is 18.3 Å². The molecule has 10 nitrogen and oxygen atoms in total. The average Bonchev–Trinajstić information content (AvgIpc) is 2.75. The van der Waals surface area contributed by atoms with E-state index in [1.807, 2.05) is 13.8 Å². The van der Waals surface area contributed by atoms with E-state index in [0.717, 1.165) is 31.2 Å². The first kappa shape index (κ1) is 23.1. The number of anilines is 1. The Kier molecular flexibility index (Phi) is 7.60. The van der Waals surface area contributed by atoms with Crippen LogP contribution in [-0.4, -0.2) is 52.0 Å². The molecular weight excluding hydrogens is 422 g/mol. The first-order valence-electron chi connectivity index (χ1n) is 10.5. The Morgan fingerprint density at radius 3 is 2.68 bits per heavy atom. The molecule has 11 heteroatoms. The van der Waals surface area contributed by atoms with Crippen LogP contribution in [-0.2, 0) is 27.6 Å². The Hall–Kier alpha value is -2.53. The van der Waals surface area contributed by atoms with E-state index in [1.165, 1.54) is 4.57 Å². The summed E-state index contributed by atoms with van der Waals surface area (Å²) >= 11 is 0. The summed E-state index contributed by atoms with van der Waals surface area (Å²) in [5, 5.41) is 10.4. The minimum atomic E-state index is -3.94. The quantitative estimate of drug-likeness (QED) is 0.588. The molecule has 0 aromatic carbocycles. The van der Waals surface area contributed by atoms with Gasteiger partial charge < -0.3 is 9.84 Å². The van der Waals surface area contributed by atoms with E-state index >= 15 is 0 Å². The summed E-state index contributed by atoms with van der Waals surface area (Å²) in [6, 6.07) is -0.245. The molecule has 1 aliphatic rings. The summed E-state index contributed by atoms with van der Waals surface area (Å²) in [5.74, 6) is -0.126. The highest BCUT2D eigenvalue weighted by atomic mass is 32.2. The van der Waals surface area contributed by atoms with Crippen LogP contribution in [0.5, 0.6) is 5.88 Å². The van der Waals surface area contributed by atoms with E-state index in [-0.39, 0.29) is 18.2 Å². The van der Waals surface area contributed by atoms with Crippen molar-refractivity contribution in [3.63, 3.8) is 0 Å². The third kappa shape index (κ3) is 6.01. The number of nitrogens with one attached hydrogen (secondary N) is 1. The molecule has 1 saturated heterocycles. The van der Waals surface area contributed by atoms with Crippen LogP contribution < -0.4 is 10.3 Å². The molecule has 3 rings (SSSR count). The highest BCUT2D eigenvalue weighted by Gasteiger charge is 2.26. The maximum Gasteiger partial charge on any atom is 0.282 e. The average molecular weight is 452 g/mol. The summed E-state index contributed by atoms with van der Waals surface area (Å²) in [4.78, 5) is 25.6. The lowest BCUT2D eigenvalue weighted by Crippen LogP contribution is -2.36. The number of nitrogens with zero attached hydrogens (tertiary/aromatic N) is 4. The number of ether oxygens (including phenoxy) is 1. The van der Waals surface area contributed by atoms with E-state index in [0.29, 0.717) is 31.3 Å². The van der Waals surface area contributed by atoms with Crippen molar-refractivity contribution in [1.29, 1.82) is 0 Å². The molecule has 2 aromatic rings. The maximum atomic E-state index is 13.2. The molecule has 0 aliphatic carbocycles. The third-order valence-electron chi connectivity index (χ3n) is 5.11. The van der Waals surface area contributed by atoms with Gasteiger partial charge in [-0.1, -0.05) is 13.3 Å². The van der Waals surface area contributed by atoms with Crippen LogP contribution in [0, 0.1) is 6.92 Å². The molecule has 0 bridgehead atoms. The zero-order chi connectivity index (χ0) is 22.4. The van der Waals surface area contributed by atoms with Gasteiger partial charge in [0.15, 0.2) is 5.69 Å². The number of sulfonamides is 1. The Balaban J connectivity index is 1.87. The van der Waals surface area contributed by atoms with Crippen molar-refractivity contribution in [2.45, 2.75) is 58.4 Å². The van der Waals surface area contributed by atoms with Gasteiger partial charge in [0.25, 0.3) is 5.56 Å². The number of hydrogen-bond donors (Lipinski definition) is 2. The smallest absolute Gasteiger partial charge is 0.282 e. The highest BCUT2D eigenvalue weighted by molar-refractivity contribution is 7.92. The molecule has 0 radical (unpaired) electrons. The van der Waals surface area contributed by atoms with E-state index in [2.05, 4.69) is 19.7 Å². The van der Waals surface area contributed by atoms with Gasteiger partial charge in [0.05, 0.1) is 18.4 Å². The van der Waals surface area contributed by atoms with Crippen LogP contribution in [0.3, 0.4) is 0 Å². The zero-order valence-corrected chi connectivity index (χ0v) is 18.7. The summed E-state index contributed by atoms with van der Waals surface area (Å²) < 4.78 is 34.4. The molecule has 1 aliphatic heterocycles. The van der Waals surface area contributed by atoms with Crippen molar-refractivity contribution in [2.24, 2.45) is 0 Å². The zero-order valence-electron chi connectivity index (χ0n) is 17.9. The summed E-state index contributed by atoms with van der Waals surface area (Å²) in [5.41, 5.74) is -0.170. The Labute approximate surface area is 181 Å². The molecule has 3 heterocycles. The number of aromatic nitrogens is 4. The normalized spacial score (nSPS) is 16.9. The number of aryl methyl sites for hydroxylation is 3. The van der Waals surface area contributed by atoms with Crippen LogP contribution in [0.15, 0.2) is 17.2 Å². The summed E-state index contributed by atoms with van der Waals surface area (Å²) in [7, 11) is -3.94. The van der Waals surface area contributed by atoms with Gasteiger partial charge in [-0.05, 0) is 31.7 Å². The van der Waals surface area contributed by atoms with E-state index < -0.39 is 27.1 Å². The monoisotopic (exact) mass is 451 g/mol. The van der Waals surface area contributed by atoms with Crippen molar-refractivity contribution in [3.8, 4) is 5.88 Å². The molecule has 2 N–H and O–H groups in total. The fourth-order valence-corrected chi connectivity index (χ4v) is 4.49. The first-order chi connectivity index (χ1) is 14.8. The molecule has 1 fully saturated rings. The van der Waals surface area contributed by atoms with Gasteiger partial charge in [-0.15, -0.1) is 0 Å². The number of rotatable bonds is 9. The first-order valence-corrected chi connectivity index (χ1v) is 12.2. The van der Waals surface area contributed by atoms with Crippen molar-refractivity contribution in [2.75, 3.05) is 23.7 Å². The predicted octanol–water partition coefficient (Wildman–Crippen LogP) is 1.73. The van der Waals surface area contributed by atoms with Crippen LogP contribution in [0.25, 0.3) is 0 Å². The van der Waals surface area contributed by atoms with Crippen LogP contribution >= 0.6 is 0 Å². The van der Waals surface area contributed by atoms with Gasteiger partial charge >= 0.3 is 0 Å². The van der Waals surface area contributed by atoms with Gasteiger partial charge in [-0.3, -0.25) is 14.1 Å². The highest BCUT2D eigenvalue weighted by Crippen LogP contribution is 2.25. The fourth-order valence-electron chi connectivity index (χ4n) is 3.45. The molecule has 0 amide bonds. The van der Waals surface area contributed by atoms with Gasteiger partial charge in [-0.25, -0.2) is 18.4 Å². The topological polar surface area (TPSA) is 136 Å². The second kappa shape index (κ2) is 10.2. The van der Waals surface area contributed by atoms with Crippen molar-refractivity contribution in [1.82, 2.24) is 19.5 Å². The van der Waals surface area contributed by atoms with Crippen LogP contribution in [0.2, 0.25) is 0 Å². The van der Waals surface area contributed by atoms with Crippen molar-refractivity contribution < 1.29 is 18.3 Å². The molecule has 1 atom stereocenters. The second-order valence-corrected chi connectivity index (χ2v) is 9.57. The third-order valence-corrected chi connectivity index (χ3v) is 6.37. The van der Waals surface area contributed by atoms with Crippen molar-refractivity contribution in [3.05, 3.63) is 40.0 Å². The number of aromatic hydroxyl groups is 1. The van der Waals surface area contributed by atoms with Gasteiger partial charge in [0.1, 0.15) is 11.6 Å². The molecule has 2 aromatic heterocycles. The molecule has 0 unspecified atom stereocenters. The van der Waals surface area contributed by atoms with Gasteiger partial charge in [0.2, 0.25) is 15.9 Å². The van der Waals surface area contributed by atoms with Gasteiger partial charge in [0, 0.05) is 31.8 Å². The lowest BCUT2D eigenvalue weighted by atomic mass is 10.1. The van der Waals surface area contributed by atoms with Crippen molar-refractivity contribution >= 4 is 15.7 Å². The standard InChI is InChI=1S/C20H29N5O5S/c1-3-4-7-17-23-19(26)18(20(27)25(17)15-6-5-9-30-13-15)24-31(28,29)10-8-16-21-11-14(2)12-22-16/h11-12,15,24,26H,3-10,13H2,1-2H3/t15-/m1/s1. The fraction of sp³-hybridized carbons (Fsp3) is 0.600. The number of unbranched alkanes of at least 4 members (excludes halogenated alkanes) is 1. The molecular formula is C20H29N5O5S. The molecule has 0 saturated carbocycles. The Morgan fingerprint density at radius 1 is 1.29 bits per heavy atom.